The summed E-state index contributed by atoms with van der Waals surface area (Å²) in [5.41, 5.74) is 6.59. The Morgan fingerprint density at radius 1 is 0.692 bits per heavy atom. The second-order valence-corrected chi connectivity index (χ2v) is 19.6. The summed E-state index contributed by atoms with van der Waals surface area (Å²) in [5.74, 6) is 2.04. The number of imidazole rings is 2. The van der Waals surface area contributed by atoms with Crippen LogP contribution >= 0.6 is 0 Å². The van der Waals surface area contributed by atoms with Crippen molar-refractivity contribution in [3.63, 3.8) is 0 Å². The smallest absolute Gasteiger partial charge is 0.407 e. The van der Waals surface area contributed by atoms with E-state index < -0.39 is 35.3 Å². The molecule has 0 spiro atoms. The first-order valence-electron chi connectivity index (χ1n) is 23.1. The molecule has 4 fully saturated rings. The molecule has 2 saturated heterocycles. The fraction of sp³-hybridized carbons (Fsp3) is 0.451. The molecule has 14 heteroatoms. The summed E-state index contributed by atoms with van der Waals surface area (Å²) in [6.45, 7) is 11.2. The SMILES string of the molecule is COC(=O)N[C@H](C(=O)N1C[C@@H]2CC[C@@]1(c1nc3ccc(-c4cccc5c(-c6ccc7nc([C@@]89CC[C@@H](CN8C(=O)[C@@H](NC(=O)OC)C(C)C)C9C)[nH]c7c6)cccc45)cc3[nH]1)C2)C(C)C. The lowest BCUT2D eigenvalue weighted by atomic mass is 9.86. The zero-order valence-electron chi connectivity index (χ0n) is 38.2. The number of hydrogen-bond donors (Lipinski definition) is 4. The predicted molar refractivity (Wildman–Crippen MR) is 248 cm³/mol. The average molecular weight is 879 g/mol. The van der Waals surface area contributed by atoms with Gasteiger partial charge in [-0.3, -0.25) is 9.59 Å². The van der Waals surface area contributed by atoms with Gasteiger partial charge in [0.05, 0.1) is 36.3 Å². The van der Waals surface area contributed by atoms with Gasteiger partial charge < -0.3 is 39.9 Å². The average Bonchev–Trinajstić information content (AvgIpc) is 4.18. The van der Waals surface area contributed by atoms with Crippen molar-refractivity contribution in [2.75, 3.05) is 27.3 Å². The lowest BCUT2D eigenvalue weighted by Crippen LogP contribution is -2.57. The number of amides is 4. The van der Waals surface area contributed by atoms with Crippen molar-refractivity contribution in [1.82, 2.24) is 40.4 Å². The highest BCUT2D eigenvalue weighted by atomic mass is 16.5. The number of nitrogens with one attached hydrogen (secondary N) is 4. The van der Waals surface area contributed by atoms with E-state index in [-0.39, 0.29) is 29.6 Å². The molecular weight excluding hydrogens is 821 g/mol. The number of carbonyl (C=O) groups excluding carboxylic acids is 4. The van der Waals surface area contributed by atoms with E-state index in [0.29, 0.717) is 24.9 Å². The number of nitrogens with zero attached hydrogens (tertiary/aromatic N) is 4. The van der Waals surface area contributed by atoms with Crippen molar-refractivity contribution in [1.29, 1.82) is 0 Å². The van der Waals surface area contributed by atoms with Gasteiger partial charge in [0, 0.05) is 13.1 Å². The van der Waals surface area contributed by atoms with E-state index in [9.17, 15) is 19.2 Å². The van der Waals surface area contributed by atoms with Gasteiger partial charge >= 0.3 is 12.2 Å². The highest BCUT2D eigenvalue weighted by molar-refractivity contribution is 6.06. The highest BCUT2D eigenvalue weighted by Crippen LogP contribution is 2.57. The first-order chi connectivity index (χ1) is 31.3. The first kappa shape index (κ1) is 42.5. The first-order valence-corrected chi connectivity index (χ1v) is 23.1. The van der Waals surface area contributed by atoms with E-state index in [4.69, 9.17) is 19.4 Å². The summed E-state index contributed by atoms with van der Waals surface area (Å²) in [6, 6.07) is 24.1. The molecule has 2 aromatic heterocycles. The lowest BCUT2D eigenvalue weighted by molar-refractivity contribution is -0.141. The van der Waals surface area contributed by atoms with Gasteiger partial charge in [0.1, 0.15) is 34.8 Å². The zero-order chi connectivity index (χ0) is 45.5. The van der Waals surface area contributed by atoms with E-state index in [2.05, 4.69) is 100 Å². The molecule has 65 heavy (non-hydrogen) atoms. The minimum absolute atomic E-state index is 0.104. The van der Waals surface area contributed by atoms with Crippen molar-refractivity contribution >= 4 is 56.8 Å². The molecule has 10 rings (SSSR count). The Labute approximate surface area is 378 Å². The number of ether oxygens (including phenoxy) is 2. The maximum Gasteiger partial charge on any atom is 0.407 e. The summed E-state index contributed by atoms with van der Waals surface area (Å²) in [7, 11) is 2.62. The van der Waals surface area contributed by atoms with E-state index >= 15 is 0 Å². The number of fused-ring (bicyclic) bond motifs is 7. The van der Waals surface area contributed by atoms with Crippen LogP contribution < -0.4 is 10.6 Å². The summed E-state index contributed by atoms with van der Waals surface area (Å²) in [6.07, 6.45) is 3.24. The third-order valence-corrected chi connectivity index (χ3v) is 15.5. The Hall–Kier alpha value is -6.44. The van der Waals surface area contributed by atoms with Crippen LogP contribution in [-0.2, 0) is 30.1 Å². The quantitative estimate of drug-likeness (QED) is 0.106. The molecule has 4 amide bonds. The predicted octanol–water partition coefficient (Wildman–Crippen LogP) is 8.61. The molecular formula is C51H58N8O6. The molecule has 338 valence electrons. The molecule has 4 bridgehead atoms. The van der Waals surface area contributed by atoms with Crippen molar-refractivity contribution in [2.24, 2.45) is 29.6 Å². The molecule has 2 aliphatic heterocycles. The van der Waals surface area contributed by atoms with Crippen LogP contribution in [0.2, 0.25) is 0 Å². The van der Waals surface area contributed by atoms with Crippen LogP contribution in [0.25, 0.3) is 55.1 Å². The maximum absolute atomic E-state index is 14.3. The van der Waals surface area contributed by atoms with E-state index in [0.717, 1.165) is 98.8 Å². The molecule has 2 saturated carbocycles. The Kier molecular flexibility index (Phi) is 10.4. The molecule has 6 aromatic rings. The standard InChI is InChI=1S/C51H58N8O6/c1-27(2)42(56-48(62)64-6)44(60)58-25-30-18-20-50(58,24-30)46-52-38-16-14-31(22-40(38)54-46)34-10-8-13-37-35(11-9-12-36(34)37)32-15-17-39-41(23-32)55-47(53-39)51-21-19-33(29(51)5)26-59(51)45(61)43(28(3)4)57-49(63)65-7/h8-17,22-23,27-30,33,42-43H,18-21,24-26H2,1-7H3,(H,52,54)(H,53,55)(H,56,62)(H,57,63)/t29?,30-,33+,42+,43+,50+,51+/m1/s1. The normalized spacial score (nSPS) is 24.4. The van der Waals surface area contributed by atoms with Crippen molar-refractivity contribution in [3.8, 4) is 22.3 Å². The lowest BCUT2D eigenvalue weighted by Gasteiger charge is -2.41. The molecule has 14 nitrogen and oxygen atoms in total. The van der Waals surface area contributed by atoms with Crippen molar-refractivity contribution in [2.45, 2.75) is 89.9 Å². The van der Waals surface area contributed by atoms with Crippen molar-refractivity contribution < 1.29 is 28.7 Å². The Morgan fingerprint density at radius 3 is 1.75 bits per heavy atom. The van der Waals surface area contributed by atoms with E-state index in [1.54, 1.807) is 0 Å². The number of alkyl carbamates (subject to hydrolysis) is 2. The molecule has 2 aliphatic carbocycles. The van der Waals surface area contributed by atoms with E-state index in [1.807, 2.05) is 37.5 Å². The number of methoxy groups -OCH3 is 2. The second kappa shape index (κ2) is 15.9. The third kappa shape index (κ3) is 6.72. The minimum Gasteiger partial charge on any atom is -0.453 e. The topological polar surface area (TPSA) is 175 Å². The number of hydrogen-bond acceptors (Lipinski definition) is 8. The largest absolute Gasteiger partial charge is 0.453 e. The van der Waals surface area contributed by atoms with Crippen molar-refractivity contribution in [3.05, 3.63) is 84.4 Å². The van der Waals surface area contributed by atoms with Crippen LogP contribution in [-0.4, -0.2) is 93.1 Å². The highest BCUT2D eigenvalue weighted by Gasteiger charge is 2.61. The third-order valence-electron chi connectivity index (χ3n) is 15.5. The van der Waals surface area contributed by atoms with Gasteiger partial charge in [-0.2, -0.15) is 0 Å². The molecule has 4 aliphatic rings. The van der Waals surface area contributed by atoms with Gasteiger partial charge in [0.15, 0.2) is 0 Å². The molecule has 0 radical (unpaired) electrons. The number of piperidine rings is 2. The second-order valence-electron chi connectivity index (χ2n) is 19.6. The minimum atomic E-state index is -0.714. The zero-order valence-corrected chi connectivity index (χ0v) is 38.2. The summed E-state index contributed by atoms with van der Waals surface area (Å²) in [5, 5.41) is 7.80. The van der Waals surface area contributed by atoms with Crippen LogP contribution in [0.4, 0.5) is 9.59 Å². The van der Waals surface area contributed by atoms with Crippen LogP contribution in [0, 0.1) is 29.6 Å². The van der Waals surface area contributed by atoms with Gasteiger partial charge in [0.2, 0.25) is 11.8 Å². The molecule has 7 atom stereocenters. The van der Waals surface area contributed by atoms with Gasteiger partial charge in [-0.1, -0.05) is 83.1 Å². The van der Waals surface area contributed by atoms with Gasteiger partial charge in [-0.05, 0) is 119 Å². The fourth-order valence-electron chi connectivity index (χ4n) is 12.0. The van der Waals surface area contributed by atoms with Gasteiger partial charge in [-0.15, -0.1) is 0 Å². The monoisotopic (exact) mass is 878 g/mol. The fourth-order valence-corrected chi connectivity index (χ4v) is 12.0. The summed E-state index contributed by atoms with van der Waals surface area (Å²) >= 11 is 0. The number of aromatic nitrogens is 4. The number of H-pyrrole nitrogens is 2. The van der Waals surface area contributed by atoms with Crippen LogP contribution in [0.15, 0.2) is 72.8 Å². The van der Waals surface area contributed by atoms with Gasteiger partial charge in [0.25, 0.3) is 0 Å². The Bertz CT molecular complexity index is 2890. The maximum atomic E-state index is 14.3. The Morgan fingerprint density at radius 2 is 1.23 bits per heavy atom. The van der Waals surface area contributed by atoms with Crippen LogP contribution in [0.1, 0.15) is 78.4 Å². The number of carbonyl (C=O) groups is 4. The molecule has 4 aromatic carbocycles. The number of likely N-dealkylation sites (tertiary alicyclic amines) is 2. The summed E-state index contributed by atoms with van der Waals surface area (Å²) in [4.78, 5) is 74.6. The van der Waals surface area contributed by atoms with E-state index in [1.165, 1.54) is 14.2 Å². The number of rotatable bonds is 10. The van der Waals surface area contributed by atoms with Crippen LogP contribution in [0.5, 0.6) is 0 Å². The van der Waals surface area contributed by atoms with Gasteiger partial charge in [-0.25, -0.2) is 19.6 Å². The number of aromatic amines is 2. The molecule has 1 unspecified atom stereocenters. The number of benzene rings is 4. The summed E-state index contributed by atoms with van der Waals surface area (Å²) < 4.78 is 9.75. The molecule has 4 heterocycles. The molecule has 4 N–H and O–H groups in total. The van der Waals surface area contributed by atoms with Crippen LogP contribution in [0.3, 0.4) is 0 Å². The Balaban J connectivity index is 0.963.